The van der Waals surface area contributed by atoms with Gasteiger partial charge < -0.3 is 5.11 Å². The van der Waals surface area contributed by atoms with Gasteiger partial charge >= 0.3 is 0 Å². The molecule has 1 saturated heterocycles. The number of aliphatic hydroxyl groups is 1. The van der Waals surface area contributed by atoms with Crippen LogP contribution in [-0.2, 0) is 9.78 Å². The van der Waals surface area contributed by atoms with Crippen molar-refractivity contribution < 1.29 is 14.9 Å². The normalized spacial score (nSPS) is 40.6. The summed E-state index contributed by atoms with van der Waals surface area (Å²) in [7, 11) is 0. The molecule has 0 spiro atoms. The van der Waals surface area contributed by atoms with Crippen molar-refractivity contribution in [2.45, 2.75) is 39.1 Å². The quantitative estimate of drug-likeness (QED) is 0.547. The Morgan fingerprint density at radius 1 is 1.31 bits per heavy atom. The minimum absolute atomic E-state index is 0.106. The van der Waals surface area contributed by atoms with Crippen molar-refractivity contribution in [2.75, 3.05) is 0 Å². The van der Waals surface area contributed by atoms with Crippen molar-refractivity contribution in [3.63, 3.8) is 0 Å². The van der Waals surface area contributed by atoms with Crippen LogP contribution < -0.4 is 0 Å². The number of rotatable bonds is 1. The second-order valence-corrected chi connectivity index (χ2v) is 4.90. The molecule has 0 amide bonds. The molecule has 1 N–H and O–H groups in total. The highest BCUT2D eigenvalue weighted by molar-refractivity contribution is 5.25. The standard InChI is InChI=1S/C13H18O3/c1-13(2)7-3-5-10(6-4-8-13)11-9-12(14)16-15-11/h3-5,7-8,11-12,14H,6,9H2,1-2H3/b7-3-,8-4-,10-5+. The highest BCUT2D eigenvalue weighted by Crippen LogP contribution is 2.27. The fourth-order valence-corrected chi connectivity index (χ4v) is 1.89. The molecule has 0 saturated carbocycles. The smallest absolute Gasteiger partial charge is 0.191 e. The third-order valence-corrected chi connectivity index (χ3v) is 2.85. The molecule has 16 heavy (non-hydrogen) atoms. The van der Waals surface area contributed by atoms with Gasteiger partial charge in [-0.2, -0.15) is 0 Å². The Morgan fingerprint density at radius 2 is 2.12 bits per heavy atom. The first-order valence-corrected chi connectivity index (χ1v) is 5.63. The SMILES string of the molecule is CC1(C)/C=C\C=C(\C2CC(O)OO2)C/C=C\1. The van der Waals surface area contributed by atoms with Gasteiger partial charge in [-0.1, -0.05) is 44.2 Å². The van der Waals surface area contributed by atoms with E-state index in [9.17, 15) is 5.11 Å². The molecule has 2 atom stereocenters. The van der Waals surface area contributed by atoms with E-state index in [4.69, 9.17) is 9.78 Å². The zero-order valence-electron chi connectivity index (χ0n) is 9.72. The van der Waals surface area contributed by atoms with Gasteiger partial charge in [-0.15, -0.1) is 0 Å². The lowest BCUT2D eigenvalue weighted by atomic mass is 9.89. The molecule has 0 aromatic rings. The lowest BCUT2D eigenvalue weighted by Gasteiger charge is -2.17. The van der Waals surface area contributed by atoms with Gasteiger partial charge in [0.25, 0.3) is 0 Å². The van der Waals surface area contributed by atoms with Gasteiger partial charge in [0.2, 0.25) is 0 Å². The van der Waals surface area contributed by atoms with E-state index in [1.165, 1.54) is 0 Å². The number of aliphatic hydroxyl groups excluding tert-OH is 1. The molecule has 1 heterocycles. The zero-order valence-corrected chi connectivity index (χ0v) is 9.72. The highest BCUT2D eigenvalue weighted by atomic mass is 17.2. The molecule has 0 aromatic carbocycles. The lowest BCUT2D eigenvalue weighted by Crippen LogP contribution is -2.11. The molecule has 1 fully saturated rings. The van der Waals surface area contributed by atoms with Crippen LogP contribution in [0.2, 0.25) is 0 Å². The summed E-state index contributed by atoms with van der Waals surface area (Å²) in [5.41, 5.74) is 1.24. The first-order chi connectivity index (χ1) is 7.57. The molecule has 0 bridgehead atoms. The number of hydrogen-bond acceptors (Lipinski definition) is 3. The van der Waals surface area contributed by atoms with Gasteiger partial charge in [0, 0.05) is 11.8 Å². The topological polar surface area (TPSA) is 38.7 Å². The predicted octanol–water partition coefficient (Wildman–Crippen LogP) is 2.49. The number of allylic oxidation sites excluding steroid dienone is 5. The Hall–Kier alpha value is -0.900. The molecule has 88 valence electrons. The van der Waals surface area contributed by atoms with Crippen LogP contribution in [0.15, 0.2) is 36.0 Å². The lowest BCUT2D eigenvalue weighted by molar-refractivity contribution is -0.328. The van der Waals surface area contributed by atoms with Gasteiger partial charge in [-0.3, -0.25) is 0 Å². The number of hydrogen-bond donors (Lipinski definition) is 1. The first-order valence-electron chi connectivity index (χ1n) is 5.63. The van der Waals surface area contributed by atoms with Crippen LogP contribution in [0.5, 0.6) is 0 Å². The summed E-state index contributed by atoms with van der Waals surface area (Å²) >= 11 is 0. The van der Waals surface area contributed by atoms with E-state index in [0.717, 1.165) is 12.0 Å². The van der Waals surface area contributed by atoms with Gasteiger partial charge in [0.1, 0.15) is 6.10 Å². The van der Waals surface area contributed by atoms with Crippen molar-refractivity contribution in [3.05, 3.63) is 36.0 Å². The summed E-state index contributed by atoms with van der Waals surface area (Å²) in [4.78, 5) is 9.77. The fourth-order valence-electron chi connectivity index (χ4n) is 1.89. The third-order valence-electron chi connectivity index (χ3n) is 2.85. The summed E-state index contributed by atoms with van der Waals surface area (Å²) < 4.78 is 0. The van der Waals surface area contributed by atoms with Crippen LogP contribution in [-0.4, -0.2) is 17.5 Å². The second-order valence-electron chi connectivity index (χ2n) is 4.90. The monoisotopic (exact) mass is 222 g/mol. The molecular formula is C13H18O3. The molecule has 0 aromatic heterocycles. The van der Waals surface area contributed by atoms with E-state index in [2.05, 4.69) is 38.2 Å². The molecule has 3 nitrogen and oxygen atoms in total. The average Bonchev–Trinajstić information content (AvgIpc) is 2.59. The first kappa shape index (κ1) is 11.6. The van der Waals surface area contributed by atoms with Crippen molar-refractivity contribution in [3.8, 4) is 0 Å². The minimum atomic E-state index is -0.791. The van der Waals surface area contributed by atoms with Crippen molar-refractivity contribution in [2.24, 2.45) is 5.41 Å². The maximum Gasteiger partial charge on any atom is 0.191 e. The molecule has 2 aliphatic rings. The van der Waals surface area contributed by atoms with Crippen LogP contribution in [0, 0.1) is 5.41 Å². The summed E-state index contributed by atoms with van der Waals surface area (Å²) in [5, 5.41) is 9.23. The summed E-state index contributed by atoms with van der Waals surface area (Å²) in [5.74, 6) is 0. The average molecular weight is 222 g/mol. The molecule has 2 unspecified atom stereocenters. The van der Waals surface area contributed by atoms with Gasteiger partial charge in [0.05, 0.1) is 0 Å². The Balaban J connectivity index is 2.09. The Morgan fingerprint density at radius 3 is 2.81 bits per heavy atom. The predicted molar refractivity (Wildman–Crippen MR) is 61.3 cm³/mol. The Kier molecular flexibility index (Phi) is 3.28. The fraction of sp³-hybridized carbons (Fsp3) is 0.538. The maximum absolute atomic E-state index is 9.23. The van der Waals surface area contributed by atoms with Crippen molar-refractivity contribution >= 4 is 0 Å². The van der Waals surface area contributed by atoms with Crippen molar-refractivity contribution in [1.29, 1.82) is 0 Å². The van der Waals surface area contributed by atoms with Crippen LogP contribution in [0.4, 0.5) is 0 Å². The molecule has 2 rings (SSSR count). The van der Waals surface area contributed by atoms with Crippen LogP contribution in [0.1, 0.15) is 26.7 Å². The molecule has 1 aliphatic carbocycles. The van der Waals surface area contributed by atoms with E-state index in [1.54, 1.807) is 0 Å². The Bertz CT molecular complexity index is 339. The highest BCUT2D eigenvalue weighted by Gasteiger charge is 2.28. The van der Waals surface area contributed by atoms with Crippen molar-refractivity contribution in [1.82, 2.24) is 0 Å². The van der Waals surface area contributed by atoms with Crippen LogP contribution in [0.25, 0.3) is 0 Å². The summed E-state index contributed by atoms with van der Waals surface area (Å²) in [6.45, 7) is 4.33. The molecule has 1 aliphatic heterocycles. The van der Waals surface area contributed by atoms with E-state index in [1.807, 2.05) is 6.08 Å². The van der Waals surface area contributed by atoms with Gasteiger partial charge in [-0.25, -0.2) is 9.78 Å². The Labute approximate surface area is 96.0 Å². The molecular weight excluding hydrogens is 204 g/mol. The van der Waals surface area contributed by atoms with Gasteiger partial charge in [0.15, 0.2) is 6.29 Å². The van der Waals surface area contributed by atoms with Crippen LogP contribution in [0.3, 0.4) is 0 Å². The third kappa shape index (κ3) is 2.82. The summed E-state index contributed by atoms with van der Waals surface area (Å²) in [6, 6.07) is 0. The summed E-state index contributed by atoms with van der Waals surface area (Å²) in [6.07, 6.45) is 11.0. The maximum atomic E-state index is 9.23. The van der Waals surface area contributed by atoms with Crippen LogP contribution >= 0.6 is 0 Å². The van der Waals surface area contributed by atoms with Gasteiger partial charge in [-0.05, 0) is 12.0 Å². The molecule has 3 heteroatoms. The molecule has 0 radical (unpaired) electrons. The zero-order chi connectivity index (χ0) is 11.6. The second kappa shape index (κ2) is 4.53. The van der Waals surface area contributed by atoms with E-state index >= 15 is 0 Å². The largest absolute Gasteiger partial charge is 0.366 e. The van der Waals surface area contributed by atoms with E-state index in [0.29, 0.717) is 6.42 Å². The van der Waals surface area contributed by atoms with E-state index < -0.39 is 6.29 Å². The van der Waals surface area contributed by atoms with E-state index in [-0.39, 0.29) is 11.5 Å². The minimum Gasteiger partial charge on any atom is -0.366 e.